The van der Waals surface area contributed by atoms with Gasteiger partial charge in [-0.15, -0.1) is 0 Å². The third-order valence-electron chi connectivity index (χ3n) is 4.76. The number of piperazine rings is 1. The Morgan fingerprint density at radius 3 is 2.50 bits per heavy atom. The van der Waals surface area contributed by atoms with Crippen molar-refractivity contribution in [2.45, 2.75) is 11.8 Å². The van der Waals surface area contributed by atoms with Crippen LogP contribution in [-0.4, -0.2) is 61.2 Å². The lowest BCUT2D eigenvalue weighted by atomic mass is 10.2. The Morgan fingerprint density at radius 2 is 1.87 bits per heavy atom. The van der Waals surface area contributed by atoms with E-state index in [1.165, 1.54) is 22.5 Å². The van der Waals surface area contributed by atoms with Crippen molar-refractivity contribution >= 4 is 43.2 Å². The molecule has 160 valence electrons. The van der Waals surface area contributed by atoms with Gasteiger partial charge in [-0.1, -0.05) is 12.1 Å². The van der Waals surface area contributed by atoms with Crippen LogP contribution < -0.4 is 5.32 Å². The topological polar surface area (TPSA) is 113 Å². The molecule has 0 radical (unpaired) electrons. The Labute approximate surface area is 183 Å². The number of hydrogen-bond donors (Lipinski definition) is 1. The highest BCUT2D eigenvalue weighted by atomic mass is 79.9. The molecule has 1 aliphatic rings. The smallest absolute Gasteiger partial charge is 0.270 e. The number of amides is 1. The molecule has 1 amide bonds. The maximum Gasteiger partial charge on any atom is 0.270 e. The first-order valence-electron chi connectivity index (χ1n) is 9.20. The van der Waals surface area contributed by atoms with Crippen molar-refractivity contribution in [1.82, 2.24) is 9.21 Å². The molecule has 0 bridgehead atoms. The number of carbonyl (C=O) groups is 1. The van der Waals surface area contributed by atoms with E-state index in [2.05, 4.69) is 21.2 Å². The van der Waals surface area contributed by atoms with E-state index in [1.54, 1.807) is 0 Å². The largest absolute Gasteiger partial charge is 0.324 e. The summed E-state index contributed by atoms with van der Waals surface area (Å²) in [5.41, 5.74) is 1.48. The Morgan fingerprint density at radius 1 is 1.17 bits per heavy atom. The van der Waals surface area contributed by atoms with Crippen LogP contribution >= 0.6 is 15.9 Å². The number of anilines is 1. The van der Waals surface area contributed by atoms with E-state index < -0.39 is 14.9 Å². The minimum atomic E-state index is -3.83. The van der Waals surface area contributed by atoms with Crippen LogP contribution in [0.3, 0.4) is 0 Å². The van der Waals surface area contributed by atoms with Crippen LogP contribution in [0.15, 0.2) is 51.8 Å². The standard InChI is InChI=1S/C19H21BrN4O5S/c1-14-5-6-18(17(20)11-14)21-19(25)13-22-7-9-23(10-8-22)30(28,29)16-4-2-3-15(12-16)24(26)27/h2-6,11-12H,7-10,13H2,1H3,(H,21,25). The van der Waals surface area contributed by atoms with Crippen LogP contribution in [0.5, 0.6) is 0 Å². The zero-order valence-electron chi connectivity index (χ0n) is 16.2. The fourth-order valence-corrected chi connectivity index (χ4v) is 5.20. The van der Waals surface area contributed by atoms with Gasteiger partial charge in [0, 0.05) is 42.8 Å². The second-order valence-electron chi connectivity index (χ2n) is 6.97. The Kier molecular flexibility index (Phi) is 6.86. The Hall–Kier alpha value is -2.34. The van der Waals surface area contributed by atoms with E-state index in [9.17, 15) is 23.3 Å². The molecule has 1 aliphatic heterocycles. The molecule has 30 heavy (non-hydrogen) atoms. The molecule has 1 heterocycles. The minimum Gasteiger partial charge on any atom is -0.324 e. The number of aryl methyl sites for hydroxylation is 1. The van der Waals surface area contributed by atoms with Crippen LogP contribution in [0.2, 0.25) is 0 Å². The van der Waals surface area contributed by atoms with Crippen LogP contribution in [0.1, 0.15) is 5.56 Å². The molecule has 0 saturated carbocycles. The monoisotopic (exact) mass is 496 g/mol. The number of nitrogens with zero attached hydrogens (tertiary/aromatic N) is 3. The van der Waals surface area contributed by atoms with Gasteiger partial charge >= 0.3 is 0 Å². The second-order valence-corrected chi connectivity index (χ2v) is 9.76. The lowest BCUT2D eigenvalue weighted by molar-refractivity contribution is -0.385. The number of sulfonamides is 1. The van der Waals surface area contributed by atoms with Crippen LogP contribution in [0.4, 0.5) is 11.4 Å². The van der Waals surface area contributed by atoms with Crippen LogP contribution in [0.25, 0.3) is 0 Å². The Bertz CT molecular complexity index is 1070. The summed E-state index contributed by atoms with van der Waals surface area (Å²) in [5.74, 6) is -0.186. The summed E-state index contributed by atoms with van der Waals surface area (Å²) in [5, 5.41) is 13.8. The first kappa shape index (κ1) is 22.3. The number of carbonyl (C=O) groups excluding carboxylic acids is 1. The molecule has 11 heteroatoms. The van der Waals surface area contributed by atoms with Crippen LogP contribution in [0, 0.1) is 17.0 Å². The van der Waals surface area contributed by atoms with Crippen molar-refractivity contribution in [1.29, 1.82) is 0 Å². The summed E-state index contributed by atoms with van der Waals surface area (Å²) in [6.45, 7) is 3.27. The average molecular weight is 497 g/mol. The third kappa shape index (κ3) is 5.22. The van der Waals surface area contributed by atoms with Crippen LogP contribution in [-0.2, 0) is 14.8 Å². The summed E-state index contributed by atoms with van der Waals surface area (Å²) in [4.78, 5) is 24.4. The van der Waals surface area contributed by atoms with Gasteiger partial charge in [-0.25, -0.2) is 8.42 Å². The summed E-state index contributed by atoms with van der Waals surface area (Å²) >= 11 is 3.42. The van der Waals surface area contributed by atoms with Crippen molar-refractivity contribution in [2.75, 3.05) is 38.0 Å². The van der Waals surface area contributed by atoms with Crippen molar-refractivity contribution < 1.29 is 18.1 Å². The van der Waals surface area contributed by atoms with Crippen molar-refractivity contribution in [3.63, 3.8) is 0 Å². The normalized spacial score (nSPS) is 15.7. The zero-order valence-corrected chi connectivity index (χ0v) is 18.6. The quantitative estimate of drug-likeness (QED) is 0.485. The number of halogens is 1. The van der Waals surface area contributed by atoms with E-state index in [0.29, 0.717) is 18.8 Å². The number of nitro groups is 1. The maximum atomic E-state index is 12.8. The molecule has 1 N–H and O–H groups in total. The first-order valence-corrected chi connectivity index (χ1v) is 11.4. The second kappa shape index (κ2) is 9.21. The van der Waals surface area contributed by atoms with Gasteiger partial charge < -0.3 is 5.32 Å². The summed E-state index contributed by atoms with van der Waals surface area (Å²) < 4.78 is 27.7. The van der Waals surface area contributed by atoms with E-state index in [4.69, 9.17) is 0 Å². The van der Waals surface area contributed by atoms with Gasteiger partial charge in [0.25, 0.3) is 5.69 Å². The van der Waals surface area contributed by atoms with Crippen molar-refractivity contribution in [2.24, 2.45) is 0 Å². The summed E-state index contributed by atoms with van der Waals surface area (Å²) in [6.07, 6.45) is 0. The zero-order chi connectivity index (χ0) is 21.9. The predicted octanol–water partition coefficient (Wildman–Crippen LogP) is 2.61. The van der Waals surface area contributed by atoms with Gasteiger partial charge in [-0.3, -0.25) is 19.8 Å². The van der Waals surface area contributed by atoms with Gasteiger partial charge in [0.05, 0.1) is 22.1 Å². The molecule has 3 rings (SSSR count). The number of nitrogens with one attached hydrogen (secondary N) is 1. The number of nitro benzene ring substituents is 1. The highest BCUT2D eigenvalue weighted by Crippen LogP contribution is 2.24. The predicted molar refractivity (Wildman–Crippen MR) is 116 cm³/mol. The number of hydrogen-bond acceptors (Lipinski definition) is 6. The maximum absolute atomic E-state index is 12.8. The number of non-ortho nitro benzene ring substituents is 1. The van der Waals surface area contributed by atoms with E-state index in [1.807, 2.05) is 30.0 Å². The summed E-state index contributed by atoms with van der Waals surface area (Å²) in [7, 11) is -3.83. The lowest BCUT2D eigenvalue weighted by Gasteiger charge is -2.33. The highest BCUT2D eigenvalue weighted by molar-refractivity contribution is 9.10. The average Bonchev–Trinajstić information content (AvgIpc) is 2.70. The first-order chi connectivity index (χ1) is 14.2. The molecular formula is C19H21BrN4O5S. The van der Waals surface area contributed by atoms with Crippen molar-refractivity contribution in [3.05, 3.63) is 62.6 Å². The third-order valence-corrected chi connectivity index (χ3v) is 7.31. The molecular weight excluding hydrogens is 476 g/mol. The SMILES string of the molecule is Cc1ccc(NC(=O)CN2CCN(S(=O)(=O)c3cccc([N+](=O)[O-])c3)CC2)c(Br)c1. The molecule has 0 spiro atoms. The summed E-state index contributed by atoms with van der Waals surface area (Å²) in [6, 6.07) is 10.7. The molecule has 1 saturated heterocycles. The van der Waals surface area contributed by atoms with E-state index >= 15 is 0 Å². The molecule has 9 nitrogen and oxygen atoms in total. The Balaban J connectivity index is 1.58. The van der Waals surface area contributed by atoms with Gasteiger partial charge in [-0.2, -0.15) is 4.31 Å². The van der Waals surface area contributed by atoms with E-state index in [-0.39, 0.29) is 36.1 Å². The van der Waals surface area contributed by atoms with Crippen molar-refractivity contribution in [3.8, 4) is 0 Å². The molecule has 0 aromatic heterocycles. The molecule has 1 fully saturated rings. The fraction of sp³-hybridized carbons (Fsp3) is 0.316. The molecule has 2 aromatic rings. The number of rotatable bonds is 6. The molecule has 0 atom stereocenters. The minimum absolute atomic E-state index is 0.105. The van der Waals surface area contributed by atoms with Gasteiger partial charge in [0.15, 0.2) is 0 Å². The molecule has 0 aliphatic carbocycles. The van der Waals surface area contributed by atoms with Gasteiger partial charge in [-0.05, 0) is 46.6 Å². The van der Waals surface area contributed by atoms with E-state index in [0.717, 1.165) is 16.1 Å². The highest BCUT2D eigenvalue weighted by Gasteiger charge is 2.30. The number of benzene rings is 2. The molecule has 2 aromatic carbocycles. The molecule has 0 unspecified atom stereocenters. The van der Waals surface area contributed by atoms with Gasteiger partial charge in [0.2, 0.25) is 15.9 Å². The fourth-order valence-electron chi connectivity index (χ4n) is 3.15. The van der Waals surface area contributed by atoms with Gasteiger partial charge in [0.1, 0.15) is 0 Å². The lowest BCUT2D eigenvalue weighted by Crippen LogP contribution is -2.50.